The average Bonchev–Trinajstić information content (AvgIpc) is 3.12. The van der Waals surface area contributed by atoms with Crippen LogP contribution >= 0.6 is 11.5 Å². The summed E-state index contributed by atoms with van der Waals surface area (Å²) >= 11 is 1.40. The van der Waals surface area contributed by atoms with Crippen molar-refractivity contribution in [1.29, 1.82) is 0 Å². The highest BCUT2D eigenvalue weighted by atomic mass is 32.1. The van der Waals surface area contributed by atoms with Gasteiger partial charge in [0.2, 0.25) is 5.91 Å². The van der Waals surface area contributed by atoms with Gasteiger partial charge in [-0.2, -0.15) is 4.37 Å². The fraction of sp³-hybridized carbons (Fsp3) is 0.667. The minimum absolute atomic E-state index is 0.0924. The highest BCUT2D eigenvalue weighted by Crippen LogP contribution is 2.47. The predicted octanol–water partition coefficient (Wildman–Crippen LogP) is 1.93. The normalized spacial score (nSPS) is 14.5. The van der Waals surface area contributed by atoms with Crippen LogP contribution < -0.4 is 16.4 Å². The first-order valence-electron chi connectivity index (χ1n) is 6.48. The summed E-state index contributed by atoms with van der Waals surface area (Å²) in [5.74, 6) is 1.33. The van der Waals surface area contributed by atoms with E-state index in [9.17, 15) is 4.79 Å². The second-order valence-corrected chi connectivity index (χ2v) is 5.39. The number of nitrogens with zero attached hydrogens (tertiary/aromatic N) is 1. The topological polar surface area (TPSA) is 80.0 Å². The molecule has 100 valence electrons. The Morgan fingerprint density at radius 2 is 2.28 bits per heavy atom. The number of nitrogens with two attached hydrogens (primary N) is 1. The molecule has 2 rings (SSSR count). The van der Waals surface area contributed by atoms with Crippen molar-refractivity contribution < 1.29 is 4.79 Å². The molecule has 0 aliphatic heterocycles. The second-order valence-electron chi connectivity index (χ2n) is 4.61. The van der Waals surface area contributed by atoms with Gasteiger partial charge in [0.05, 0.1) is 0 Å². The van der Waals surface area contributed by atoms with Crippen LogP contribution in [0, 0.1) is 0 Å². The summed E-state index contributed by atoms with van der Waals surface area (Å²) in [4.78, 5) is 11.4. The lowest BCUT2D eigenvalue weighted by molar-refractivity contribution is -0.120. The van der Waals surface area contributed by atoms with Crippen LogP contribution in [-0.4, -0.2) is 23.4 Å². The van der Waals surface area contributed by atoms with Gasteiger partial charge in [0.15, 0.2) is 0 Å². The first-order chi connectivity index (χ1) is 8.72. The lowest BCUT2D eigenvalue weighted by Crippen LogP contribution is -2.25. The highest BCUT2D eigenvalue weighted by molar-refractivity contribution is 7.10. The van der Waals surface area contributed by atoms with Crippen LogP contribution in [0.2, 0.25) is 0 Å². The van der Waals surface area contributed by atoms with Crippen molar-refractivity contribution in [3.63, 3.8) is 0 Å². The molecule has 0 bridgehead atoms. The number of carbonyl (C=O) groups excluding carboxylic acids is 1. The highest BCUT2D eigenvalue weighted by Gasteiger charge is 2.30. The van der Waals surface area contributed by atoms with Crippen molar-refractivity contribution in [1.82, 2.24) is 9.69 Å². The molecule has 1 heterocycles. The number of anilines is 2. The third-order valence-corrected chi connectivity index (χ3v) is 3.79. The Morgan fingerprint density at radius 3 is 2.94 bits per heavy atom. The number of hydrogen-bond donors (Lipinski definition) is 3. The van der Waals surface area contributed by atoms with Gasteiger partial charge in [-0.15, -0.1) is 0 Å². The molecule has 18 heavy (non-hydrogen) atoms. The quantitative estimate of drug-likeness (QED) is 0.706. The molecule has 1 aromatic rings. The van der Waals surface area contributed by atoms with E-state index in [0.29, 0.717) is 24.7 Å². The second kappa shape index (κ2) is 6.04. The van der Waals surface area contributed by atoms with Crippen molar-refractivity contribution >= 4 is 28.3 Å². The van der Waals surface area contributed by atoms with Crippen LogP contribution in [0.15, 0.2) is 0 Å². The summed E-state index contributed by atoms with van der Waals surface area (Å²) in [6.45, 7) is 3.43. The number of hydrogen-bond acceptors (Lipinski definition) is 5. The summed E-state index contributed by atoms with van der Waals surface area (Å²) in [6, 6.07) is 0. The number of nitrogens with one attached hydrogen (secondary N) is 2. The van der Waals surface area contributed by atoms with E-state index in [1.807, 2.05) is 6.92 Å². The molecule has 1 fully saturated rings. The van der Waals surface area contributed by atoms with Crippen LogP contribution in [0.1, 0.15) is 44.1 Å². The summed E-state index contributed by atoms with van der Waals surface area (Å²) in [5, 5.41) is 7.18. The Bertz CT molecular complexity index is 414. The van der Waals surface area contributed by atoms with Gasteiger partial charge in [0.1, 0.15) is 10.8 Å². The van der Waals surface area contributed by atoms with Crippen LogP contribution in [0.25, 0.3) is 0 Å². The minimum Gasteiger partial charge on any atom is -0.383 e. The Hall–Kier alpha value is -1.30. The summed E-state index contributed by atoms with van der Waals surface area (Å²) < 4.78 is 4.18. The van der Waals surface area contributed by atoms with Gasteiger partial charge in [-0.1, -0.05) is 6.92 Å². The van der Waals surface area contributed by atoms with Gasteiger partial charge in [-0.05, 0) is 36.7 Å². The molecule has 1 aromatic heterocycles. The molecule has 6 heteroatoms. The molecule has 0 atom stereocenters. The van der Waals surface area contributed by atoms with Crippen molar-refractivity contribution in [3.05, 3.63) is 5.56 Å². The number of nitrogen functional groups attached to an aromatic ring is 1. The molecule has 0 aromatic carbocycles. The number of rotatable bonds is 7. The Morgan fingerprint density at radius 1 is 1.50 bits per heavy atom. The van der Waals surface area contributed by atoms with Gasteiger partial charge in [0.25, 0.3) is 0 Å². The molecule has 0 saturated heterocycles. The molecule has 1 amide bonds. The summed E-state index contributed by atoms with van der Waals surface area (Å²) in [7, 11) is 0. The first-order valence-corrected chi connectivity index (χ1v) is 7.25. The first kappa shape index (κ1) is 13.1. The Labute approximate surface area is 111 Å². The van der Waals surface area contributed by atoms with Crippen molar-refractivity contribution in [2.24, 2.45) is 0 Å². The molecular weight excluding hydrogens is 248 g/mol. The number of amides is 1. The van der Waals surface area contributed by atoms with Gasteiger partial charge < -0.3 is 16.4 Å². The summed E-state index contributed by atoms with van der Waals surface area (Å²) in [5.41, 5.74) is 7.02. The fourth-order valence-corrected chi connectivity index (χ4v) is 2.67. The van der Waals surface area contributed by atoms with Crippen LogP contribution in [0.4, 0.5) is 10.8 Å². The molecule has 1 aliphatic rings. The third kappa shape index (κ3) is 3.35. The van der Waals surface area contributed by atoms with E-state index in [4.69, 9.17) is 5.73 Å². The maximum atomic E-state index is 11.4. The fourth-order valence-electron chi connectivity index (χ4n) is 1.85. The van der Waals surface area contributed by atoms with E-state index in [1.165, 1.54) is 24.4 Å². The van der Waals surface area contributed by atoms with Crippen molar-refractivity contribution in [2.45, 2.75) is 38.5 Å². The van der Waals surface area contributed by atoms with E-state index in [-0.39, 0.29) is 5.91 Å². The van der Waals surface area contributed by atoms with Crippen LogP contribution in [0.3, 0.4) is 0 Å². The van der Waals surface area contributed by atoms with E-state index in [2.05, 4.69) is 15.0 Å². The lowest BCUT2D eigenvalue weighted by Gasteiger charge is -2.06. The van der Waals surface area contributed by atoms with Crippen LogP contribution in [0.5, 0.6) is 0 Å². The van der Waals surface area contributed by atoms with Gasteiger partial charge in [-0.3, -0.25) is 4.79 Å². The lowest BCUT2D eigenvalue weighted by atomic mass is 10.2. The van der Waals surface area contributed by atoms with Crippen molar-refractivity contribution in [3.8, 4) is 0 Å². The van der Waals surface area contributed by atoms with Gasteiger partial charge in [-0.25, -0.2) is 0 Å². The standard InChI is InChI=1S/C12H20N4OS/c1-2-6-14-9(17)5-7-15-12-10(8-3-4-8)11(13)16-18-12/h8,15H,2-7H2,1H3,(H2,13,16)(H,14,17). The SMILES string of the molecule is CCCNC(=O)CCNc1snc(N)c1C1CC1. The zero-order valence-corrected chi connectivity index (χ0v) is 11.5. The van der Waals surface area contributed by atoms with Gasteiger partial charge in [0, 0.05) is 25.1 Å². The average molecular weight is 268 g/mol. The summed E-state index contributed by atoms with van der Waals surface area (Å²) in [6.07, 6.45) is 3.86. The zero-order valence-electron chi connectivity index (χ0n) is 10.7. The Kier molecular flexibility index (Phi) is 4.41. The molecule has 4 N–H and O–H groups in total. The third-order valence-electron chi connectivity index (χ3n) is 2.95. The van der Waals surface area contributed by atoms with Gasteiger partial charge >= 0.3 is 0 Å². The number of aromatic nitrogens is 1. The largest absolute Gasteiger partial charge is 0.383 e. The predicted molar refractivity (Wildman–Crippen MR) is 74.9 cm³/mol. The number of carbonyl (C=O) groups is 1. The minimum atomic E-state index is 0.0924. The molecule has 0 radical (unpaired) electrons. The maximum Gasteiger partial charge on any atom is 0.221 e. The van der Waals surface area contributed by atoms with Crippen LogP contribution in [-0.2, 0) is 4.79 Å². The van der Waals surface area contributed by atoms with E-state index in [0.717, 1.165) is 23.5 Å². The maximum absolute atomic E-state index is 11.4. The molecule has 1 saturated carbocycles. The molecule has 5 nitrogen and oxygen atoms in total. The Balaban J connectivity index is 1.78. The van der Waals surface area contributed by atoms with Crippen molar-refractivity contribution in [2.75, 3.05) is 24.1 Å². The zero-order chi connectivity index (χ0) is 13.0. The smallest absolute Gasteiger partial charge is 0.221 e. The van der Waals surface area contributed by atoms with E-state index in [1.54, 1.807) is 0 Å². The molecular formula is C12H20N4OS. The molecule has 1 aliphatic carbocycles. The van der Waals surface area contributed by atoms with E-state index >= 15 is 0 Å². The molecule has 0 spiro atoms. The molecule has 0 unspecified atom stereocenters. The monoisotopic (exact) mass is 268 g/mol. The van der Waals surface area contributed by atoms with E-state index < -0.39 is 0 Å².